The molecule has 0 saturated heterocycles. The zero-order valence-electron chi connectivity index (χ0n) is 18.3. The number of benzene rings is 2. The maximum atomic E-state index is 9.95. The standard InChI is InChI=1S/C25H28ClN5O/c1-17-3-5-20-22(7-9-27-24(20)13-17)29-11-12-31(2)15-19(16-32)30-23-8-10-28-25-14-18(26)4-6-21(23)25/h3-10,13-14,19,32H,11-12,15-16H2,1-2H3,(H,27,29)(H,28,30)/t19-/m1/s1. The number of rotatable bonds is 9. The second-order valence-corrected chi connectivity index (χ2v) is 8.55. The van der Waals surface area contributed by atoms with Gasteiger partial charge in [0.1, 0.15) is 0 Å². The topological polar surface area (TPSA) is 73.3 Å². The highest BCUT2D eigenvalue weighted by molar-refractivity contribution is 6.31. The molecule has 0 bridgehead atoms. The van der Waals surface area contributed by atoms with Gasteiger partial charge in [-0.25, -0.2) is 0 Å². The third-order valence-corrected chi connectivity index (χ3v) is 5.76. The fraction of sp³-hybridized carbons (Fsp3) is 0.280. The van der Waals surface area contributed by atoms with Gasteiger partial charge in [0.15, 0.2) is 0 Å². The average molecular weight is 450 g/mol. The van der Waals surface area contributed by atoms with Crippen molar-refractivity contribution in [2.45, 2.75) is 13.0 Å². The summed E-state index contributed by atoms with van der Waals surface area (Å²) in [6, 6.07) is 15.8. The number of nitrogens with zero attached hydrogens (tertiary/aromatic N) is 3. The van der Waals surface area contributed by atoms with Gasteiger partial charge in [-0.2, -0.15) is 0 Å². The zero-order chi connectivity index (χ0) is 22.5. The number of hydrogen-bond acceptors (Lipinski definition) is 6. The third kappa shape index (κ3) is 5.27. The molecule has 0 saturated carbocycles. The average Bonchev–Trinajstić information content (AvgIpc) is 2.78. The maximum Gasteiger partial charge on any atom is 0.0737 e. The van der Waals surface area contributed by atoms with Crippen molar-refractivity contribution in [2.24, 2.45) is 0 Å². The van der Waals surface area contributed by atoms with Gasteiger partial charge in [0, 0.05) is 59.2 Å². The lowest BCUT2D eigenvalue weighted by atomic mass is 10.1. The number of pyridine rings is 2. The van der Waals surface area contributed by atoms with Crippen LogP contribution in [-0.4, -0.2) is 59.3 Å². The van der Waals surface area contributed by atoms with Gasteiger partial charge in [-0.05, 0) is 55.9 Å². The van der Waals surface area contributed by atoms with Crippen LogP contribution in [0, 0.1) is 6.92 Å². The summed E-state index contributed by atoms with van der Waals surface area (Å²) in [5.41, 5.74) is 5.06. The highest BCUT2D eigenvalue weighted by Crippen LogP contribution is 2.25. The van der Waals surface area contributed by atoms with Crippen LogP contribution < -0.4 is 10.6 Å². The van der Waals surface area contributed by atoms with Crippen molar-refractivity contribution >= 4 is 44.8 Å². The Morgan fingerprint density at radius 3 is 2.44 bits per heavy atom. The van der Waals surface area contributed by atoms with E-state index in [1.54, 1.807) is 6.20 Å². The molecule has 2 aromatic carbocycles. The highest BCUT2D eigenvalue weighted by Gasteiger charge is 2.13. The molecular weight excluding hydrogens is 422 g/mol. The quantitative estimate of drug-likeness (QED) is 0.348. The predicted octanol–water partition coefficient (Wildman–Crippen LogP) is 4.56. The molecule has 0 aliphatic carbocycles. The van der Waals surface area contributed by atoms with Crippen molar-refractivity contribution in [3.8, 4) is 0 Å². The molecule has 0 unspecified atom stereocenters. The van der Waals surface area contributed by atoms with Crippen LogP contribution in [0.2, 0.25) is 5.02 Å². The summed E-state index contributed by atoms with van der Waals surface area (Å²) in [6.07, 6.45) is 3.59. The van der Waals surface area contributed by atoms with E-state index in [2.05, 4.69) is 57.7 Å². The van der Waals surface area contributed by atoms with Crippen LogP contribution in [0.15, 0.2) is 60.9 Å². The Balaban J connectivity index is 1.35. The van der Waals surface area contributed by atoms with Gasteiger partial charge < -0.3 is 20.6 Å². The van der Waals surface area contributed by atoms with Gasteiger partial charge in [0.25, 0.3) is 0 Å². The predicted molar refractivity (Wildman–Crippen MR) is 134 cm³/mol. The van der Waals surface area contributed by atoms with Crippen molar-refractivity contribution in [3.05, 3.63) is 71.5 Å². The maximum absolute atomic E-state index is 9.95. The Morgan fingerprint density at radius 1 is 0.969 bits per heavy atom. The molecule has 4 rings (SSSR count). The highest BCUT2D eigenvalue weighted by atomic mass is 35.5. The SMILES string of the molecule is Cc1ccc2c(NCCN(C)C[C@H](CO)Nc3ccnc4cc(Cl)ccc34)ccnc2c1. The van der Waals surface area contributed by atoms with Crippen molar-refractivity contribution in [3.63, 3.8) is 0 Å². The summed E-state index contributed by atoms with van der Waals surface area (Å²) in [7, 11) is 2.06. The first-order valence-electron chi connectivity index (χ1n) is 10.7. The first-order chi connectivity index (χ1) is 15.5. The van der Waals surface area contributed by atoms with Gasteiger partial charge in [-0.3, -0.25) is 9.97 Å². The minimum atomic E-state index is -0.106. The van der Waals surface area contributed by atoms with Crippen LogP contribution in [0.3, 0.4) is 0 Å². The molecule has 6 nitrogen and oxygen atoms in total. The Kier molecular flexibility index (Phi) is 7.05. The Labute approximate surface area is 193 Å². The Morgan fingerprint density at radius 2 is 1.66 bits per heavy atom. The molecule has 4 aromatic rings. The number of fused-ring (bicyclic) bond motifs is 2. The molecule has 0 aliphatic heterocycles. The second kappa shape index (κ2) is 10.1. The van der Waals surface area contributed by atoms with E-state index in [4.69, 9.17) is 11.6 Å². The van der Waals surface area contributed by atoms with Gasteiger partial charge in [-0.1, -0.05) is 23.7 Å². The monoisotopic (exact) mass is 449 g/mol. The summed E-state index contributed by atoms with van der Waals surface area (Å²) in [4.78, 5) is 11.0. The van der Waals surface area contributed by atoms with Gasteiger partial charge >= 0.3 is 0 Å². The molecular formula is C25H28ClN5O. The Bertz CT molecular complexity index is 1220. The number of likely N-dealkylation sites (N-methyl/N-ethyl adjacent to an activating group) is 1. The largest absolute Gasteiger partial charge is 0.394 e. The molecule has 0 amide bonds. The minimum absolute atomic E-state index is 0.0313. The molecule has 2 aromatic heterocycles. The van der Waals surface area contributed by atoms with Crippen LogP contribution in [0.4, 0.5) is 11.4 Å². The van der Waals surface area contributed by atoms with Crippen molar-refractivity contribution in [1.29, 1.82) is 0 Å². The van der Waals surface area contributed by atoms with E-state index >= 15 is 0 Å². The van der Waals surface area contributed by atoms with E-state index in [1.807, 2.05) is 36.5 Å². The first kappa shape index (κ1) is 22.3. The summed E-state index contributed by atoms with van der Waals surface area (Å²) in [5, 5.41) is 19.7. The van der Waals surface area contributed by atoms with Crippen molar-refractivity contribution in [1.82, 2.24) is 14.9 Å². The van der Waals surface area contributed by atoms with Crippen LogP contribution >= 0.6 is 11.6 Å². The number of anilines is 2. The lowest BCUT2D eigenvalue weighted by Gasteiger charge is -2.25. The summed E-state index contributed by atoms with van der Waals surface area (Å²) < 4.78 is 0. The number of hydrogen-bond donors (Lipinski definition) is 3. The summed E-state index contributed by atoms with van der Waals surface area (Å²) in [6.45, 7) is 4.43. The molecule has 0 radical (unpaired) electrons. The minimum Gasteiger partial charge on any atom is -0.394 e. The van der Waals surface area contributed by atoms with E-state index < -0.39 is 0 Å². The fourth-order valence-corrected chi connectivity index (χ4v) is 4.04. The summed E-state index contributed by atoms with van der Waals surface area (Å²) >= 11 is 6.09. The van der Waals surface area contributed by atoms with Crippen molar-refractivity contribution in [2.75, 3.05) is 43.9 Å². The number of halogens is 1. The van der Waals surface area contributed by atoms with Crippen LogP contribution in [0.1, 0.15) is 5.56 Å². The molecule has 0 aliphatic rings. The van der Waals surface area contributed by atoms with E-state index in [9.17, 15) is 5.11 Å². The van der Waals surface area contributed by atoms with Gasteiger partial charge in [0.05, 0.1) is 23.7 Å². The van der Waals surface area contributed by atoms with E-state index in [0.717, 1.165) is 46.3 Å². The fourth-order valence-electron chi connectivity index (χ4n) is 3.88. The Hall–Kier alpha value is -2.93. The lowest BCUT2D eigenvalue weighted by molar-refractivity contribution is 0.234. The third-order valence-electron chi connectivity index (χ3n) is 5.52. The molecule has 166 valence electrons. The molecule has 32 heavy (non-hydrogen) atoms. The van der Waals surface area contributed by atoms with Crippen LogP contribution in [-0.2, 0) is 0 Å². The molecule has 0 spiro atoms. The lowest BCUT2D eigenvalue weighted by Crippen LogP contribution is -2.39. The molecule has 1 atom stereocenters. The van der Waals surface area contributed by atoms with Gasteiger partial charge in [0.2, 0.25) is 0 Å². The molecule has 2 heterocycles. The number of aryl methyl sites for hydroxylation is 1. The first-order valence-corrected chi connectivity index (χ1v) is 11.1. The van der Waals surface area contributed by atoms with Crippen molar-refractivity contribution < 1.29 is 5.11 Å². The van der Waals surface area contributed by atoms with E-state index in [-0.39, 0.29) is 12.6 Å². The smallest absolute Gasteiger partial charge is 0.0737 e. The number of aliphatic hydroxyl groups is 1. The number of aliphatic hydroxyl groups excluding tert-OH is 1. The second-order valence-electron chi connectivity index (χ2n) is 8.11. The normalized spacial score (nSPS) is 12.4. The van der Waals surface area contributed by atoms with E-state index in [0.29, 0.717) is 11.6 Å². The summed E-state index contributed by atoms with van der Waals surface area (Å²) in [5.74, 6) is 0. The number of aromatic nitrogens is 2. The molecule has 0 fully saturated rings. The van der Waals surface area contributed by atoms with Crippen LogP contribution in [0.5, 0.6) is 0 Å². The molecule has 7 heteroatoms. The molecule has 3 N–H and O–H groups in total. The van der Waals surface area contributed by atoms with Crippen LogP contribution in [0.25, 0.3) is 21.8 Å². The van der Waals surface area contributed by atoms with Gasteiger partial charge in [-0.15, -0.1) is 0 Å². The zero-order valence-corrected chi connectivity index (χ0v) is 19.1. The van der Waals surface area contributed by atoms with E-state index in [1.165, 1.54) is 5.56 Å². The number of nitrogens with one attached hydrogen (secondary N) is 2.